The van der Waals surface area contributed by atoms with E-state index in [0.29, 0.717) is 11.3 Å². The second-order valence-electron chi connectivity index (χ2n) is 5.00. The van der Waals surface area contributed by atoms with Gasteiger partial charge in [-0.25, -0.2) is 5.10 Å². The quantitative estimate of drug-likeness (QED) is 0.859. The van der Waals surface area contributed by atoms with E-state index in [2.05, 4.69) is 29.0 Å². The number of pyridine rings is 1. The normalized spacial score (nSPS) is 15.7. The number of nitrogens with one attached hydrogen (secondary N) is 1. The number of nitrogens with zero attached hydrogens (tertiary/aromatic N) is 2. The minimum Gasteiger partial charge on any atom is -0.267 e. The lowest BCUT2D eigenvalue weighted by Crippen LogP contribution is -2.13. The molecule has 3 rings (SSSR count). The van der Waals surface area contributed by atoms with Gasteiger partial charge in [0.1, 0.15) is 0 Å². The molecule has 0 unspecified atom stereocenters. The molecule has 1 fully saturated rings. The van der Waals surface area contributed by atoms with Gasteiger partial charge in [0.05, 0.1) is 16.6 Å². The maximum absolute atomic E-state index is 11.7. The molecule has 88 valence electrons. The van der Waals surface area contributed by atoms with E-state index < -0.39 is 0 Å². The van der Waals surface area contributed by atoms with Crippen LogP contribution in [-0.2, 0) is 0 Å². The summed E-state index contributed by atoms with van der Waals surface area (Å²) in [5.41, 5.74) is 2.60. The van der Waals surface area contributed by atoms with Gasteiger partial charge in [0.15, 0.2) is 0 Å². The van der Waals surface area contributed by atoms with E-state index in [1.807, 2.05) is 12.1 Å². The van der Waals surface area contributed by atoms with Crippen molar-refractivity contribution >= 4 is 10.9 Å². The summed E-state index contributed by atoms with van der Waals surface area (Å²) in [6.45, 7) is 4.12. The summed E-state index contributed by atoms with van der Waals surface area (Å²) in [7, 11) is 0. The Hall–Kier alpha value is -1.71. The molecule has 1 aliphatic rings. The molecule has 0 amide bonds. The zero-order valence-corrected chi connectivity index (χ0v) is 10.0. The van der Waals surface area contributed by atoms with Crippen LogP contribution >= 0.6 is 0 Å². The van der Waals surface area contributed by atoms with Crippen molar-refractivity contribution in [3.63, 3.8) is 0 Å². The summed E-state index contributed by atoms with van der Waals surface area (Å²) in [6.07, 6.45) is 2.43. The minimum atomic E-state index is -0.153. The van der Waals surface area contributed by atoms with Crippen molar-refractivity contribution in [3.8, 4) is 0 Å². The highest BCUT2D eigenvalue weighted by molar-refractivity contribution is 5.80. The first-order valence-corrected chi connectivity index (χ1v) is 6.06. The summed E-state index contributed by atoms with van der Waals surface area (Å²) in [6, 6.07) is 3.85. The number of H-pyrrole nitrogens is 1. The molecule has 4 heteroatoms. The third-order valence-electron chi connectivity index (χ3n) is 3.22. The van der Waals surface area contributed by atoms with E-state index in [-0.39, 0.29) is 11.5 Å². The molecule has 2 aromatic heterocycles. The molecule has 1 N–H and O–H groups in total. The number of aromatic nitrogens is 3. The Morgan fingerprint density at radius 2 is 2.12 bits per heavy atom. The monoisotopic (exact) mass is 229 g/mol. The number of hydrogen-bond acceptors (Lipinski definition) is 3. The lowest BCUT2D eigenvalue weighted by molar-refractivity contribution is 0.787. The summed E-state index contributed by atoms with van der Waals surface area (Å²) < 4.78 is 0. The molecular formula is C13H15N3O. The van der Waals surface area contributed by atoms with Gasteiger partial charge in [-0.3, -0.25) is 9.78 Å². The summed E-state index contributed by atoms with van der Waals surface area (Å²) in [5.74, 6) is 0.856. The van der Waals surface area contributed by atoms with Crippen LogP contribution in [0, 0.1) is 0 Å². The molecule has 0 atom stereocenters. The van der Waals surface area contributed by atoms with Gasteiger partial charge in [0.2, 0.25) is 0 Å². The lowest BCUT2D eigenvalue weighted by Gasteiger charge is -2.08. The average Bonchev–Trinajstić information content (AvgIpc) is 3.12. The molecule has 0 aliphatic heterocycles. The van der Waals surface area contributed by atoms with Crippen LogP contribution in [0.4, 0.5) is 0 Å². The van der Waals surface area contributed by atoms with Gasteiger partial charge in [-0.05, 0) is 30.9 Å². The van der Waals surface area contributed by atoms with Gasteiger partial charge in [-0.15, -0.1) is 0 Å². The van der Waals surface area contributed by atoms with E-state index in [4.69, 9.17) is 0 Å². The van der Waals surface area contributed by atoms with Crippen molar-refractivity contribution in [3.05, 3.63) is 33.9 Å². The standard InChI is InChI=1S/C13H15N3O/c1-7(2)11-12-9(13(17)16-15-11)5-6-10(14-12)8-3-4-8/h5-8H,3-4H2,1-2H3,(H,16,17). The van der Waals surface area contributed by atoms with Gasteiger partial charge < -0.3 is 0 Å². The molecule has 4 nitrogen and oxygen atoms in total. The van der Waals surface area contributed by atoms with E-state index in [9.17, 15) is 4.79 Å². The van der Waals surface area contributed by atoms with E-state index in [1.54, 1.807) is 0 Å². The van der Waals surface area contributed by atoms with Gasteiger partial charge in [-0.2, -0.15) is 5.10 Å². The molecule has 0 spiro atoms. The SMILES string of the molecule is CC(C)c1n[nH]c(=O)c2ccc(C3CC3)nc12. The summed E-state index contributed by atoms with van der Waals surface area (Å²) in [5, 5.41) is 7.32. The fraction of sp³-hybridized carbons (Fsp3) is 0.462. The predicted octanol–water partition coefficient (Wildman–Crippen LogP) is 2.32. The second-order valence-corrected chi connectivity index (χ2v) is 5.00. The largest absolute Gasteiger partial charge is 0.273 e. The first-order valence-electron chi connectivity index (χ1n) is 6.06. The molecular weight excluding hydrogens is 214 g/mol. The summed E-state index contributed by atoms with van der Waals surface area (Å²) in [4.78, 5) is 16.3. The first-order chi connectivity index (χ1) is 8.16. The van der Waals surface area contributed by atoms with Crippen LogP contribution in [0.3, 0.4) is 0 Å². The molecule has 0 saturated heterocycles. The summed E-state index contributed by atoms with van der Waals surface area (Å²) >= 11 is 0. The van der Waals surface area contributed by atoms with Crippen LogP contribution in [-0.4, -0.2) is 15.2 Å². The molecule has 0 radical (unpaired) electrons. The van der Waals surface area contributed by atoms with Crippen molar-refractivity contribution in [2.45, 2.75) is 38.5 Å². The highest BCUT2D eigenvalue weighted by Crippen LogP contribution is 2.39. The molecule has 2 aromatic rings. The third kappa shape index (κ3) is 1.73. The van der Waals surface area contributed by atoms with Crippen molar-refractivity contribution in [2.75, 3.05) is 0 Å². The van der Waals surface area contributed by atoms with Crippen LogP contribution in [0.25, 0.3) is 10.9 Å². The maximum Gasteiger partial charge on any atom is 0.273 e. The fourth-order valence-electron chi connectivity index (χ4n) is 2.09. The lowest BCUT2D eigenvalue weighted by atomic mass is 10.1. The fourth-order valence-corrected chi connectivity index (χ4v) is 2.09. The Balaban J connectivity index is 2.30. The van der Waals surface area contributed by atoms with E-state index in [1.165, 1.54) is 12.8 Å². The Labute approximate surface area is 99.1 Å². The number of rotatable bonds is 2. The highest BCUT2D eigenvalue weighted by Gasteiger charge is 2.25. The van der Waals surface area contributed by atoms with Gasteiger partial charge in [0, 0.05) is 11.6 Å². The smallest absolute Gasteiger partial charge is 0.267 e. The highest BCUT2D eigenvalue weighted by atomic mass is 16.1. The van der Waals surface area contributed by atoms with E-state index >= 15 is 0 Å². The van der Waals surface area contributed by atoms with Crippen LogP contribution in [0.1, 0.15) is 49.9 Å². The predicted molar refractivity (Wildman–Crippen MR) is 66.2 cm³/mol. The van der Waals surface area contributed by atoms with Crippen molar-refractivity contribution in [1.29, 1.82) is 0 Å². The van der Waals surface area contributed by atoms with Gasteiger partial charge in [0.25, 0.3) is 5.56 Å². The van der Waals surface area contributed by atoms with Gasteiger partial charge >= 0.3 is 0 Å². The van der Waals surface area contributed by atoms with E-state index in [0.717, 1.165) is 16.9 Å². The molecule has 1 aliphatic carbocycles. The Kier molecular flexibility index (Phi) is 2.24. The van der Waals surface area contributed by atoms with Crippen molar-refractivity contribution in [1.82, 2.24) is 15.2 Å². The molecule has 0 bridgehead atoms. The van der Waals surface area contributed by atoms with Crippen LogP contribution in [0.5, 0.6) is 0 Å². The van der Waals surface area contributed by atoms with Crippen LogP contribution < -0.4 is 5.56 Å². The number of aromatic amines is 1. The third-order valence-corrected chi connectivity index (χ3v) is 3.22. The molecule has 2 heterocycles. The molecule has 17 heavy (non-hydrogen) atoms. The zero-order valence-electron chi connectivity index (χ0n) is 10.0. The molecule has 0 aromatic carbocycles. The minimum absolute atomic E-state index is 0.153. The number of fused-ring (bicyclic) bond motifs is 1. The number of hydrogen-bond donors (Lipinski definition) is 1. The van der Waals surface area contributed by atoms with Gasteiger partial charge in [-0.1, -0.05) is 13.8 Å². The maximum atomic E-state index is 11.7. The van der Waals surface area contributed by atoms with Crippen molar-refractivity contribution in [2.24, 2.45) is 0 Å². The first kappa shape index (κ1) is 10.4. The van der Waals surface area contributed by atoms with Crippen molar-refractivity contribution < 1.29 is 0 Å². The Morgan fingerprint density at radius 1 is 1.35 bits per heavy atom. The Morgan fingerprint density at radius 3 is 2.76 bits per heavy atom. The Bertz CT molecular complexity index is 626. The second kappa shape index (κ2) is 3.65. The van der Waals surface area contributed by atoms with Crippen LogP contribution in [0.2, 0.25) is 0 Å². The zero-order chi connectivity index (χ0) is 12.0. The van der Waals surface area contributed by atoms with Crippen LogP contribution in [0.15, 0.2) is 16.9 Å². The average molecular weight is 229 g/mol. The molecule has 1 saturated carbocycles. The topological polar surface area (TPSA) is 58.6 Å².